The van der Waals surface area contributed by atoms with Crippen molar-refractivity contribution in [1.82, 2.24) is 10.9 Å². The van der Waals surface area contributed by atoms with Gasteiger partial charge in [0.2, 0.25) is 0 Å². The number of epoxide rings is 1. The number of rotatable bonds is 2. The molecule has 0 radical (unpaired) electrons. The van der Waals surface area contributed by atoms with Crippen molar-refractivity contribution in [2.45, 2.75) is 11.7 Å². The highest BCUT2D eigenvalue weighted by molar-refractivity contribution is 8.14. The predicted molar refractivity (Wildman–Crippen MR) is 43.6 cm³/mol. The largest absolute Gasteiger partial charge is 0.339 e. The quantitative estimate of drug-likeness (QED) is 0.388. The first-order valence-electron chi connectivity index (χ1n) is 3.27. The molecule has 2 aliphatic rings. The second-order valence-electron chi connectivity index (χ2n) is 2.16. The zero-order valence-corrected chi connectivity index (χ0v) is 6.52. The smallest absolute Gasteiger partial charge is 0.174 e. The number of hydrogen-bond donors (Lipinski definition) is 3. The molecule has 0 aromatic carbocycles. The van der Waals surface area contributed by atoms with Crippen molar-refractivity contribution in [3.8, 4) is 0 Å². The van der Waals surface area contributed by atoms with Crippen LogP contribution < -0.4 is 10.9 Å². The number of nitrogens with one attached hydrogen (secondary N) is 3. The lowest BCUT2D eigenvalue weighted by Gasteiger charge is -2.11. The van der Waals surface area contributed by atoms with Gasteiger partial charge in [-0.2, -0.15) is 0 Å². The average Bonchev–Trinajstić information content (AvgIpc) is 2.78. The molecule has 0 spiro atoms. The summed E-state index contributed by atoms with van der Waals surface area (Å²) in [5.74, 6) is 0. The van der Waals surface area contributed by atoms with E-state index in [0.717, 1.165) is 5.17 Å². The minimum Gasteiger partial charge on any atom is -0.339 e. The van der Waals surface area contributed by atoms with Crippen LogP contribution in [0, 0.1) is 5.41 Å². The zero-order valence-electron chi connectivity index (χ0n) is 5.70. The molecule has 2 rings (SSSR count). The Morgan fingerprint density at radius 2 is 2.73 bits per heavy atom. The summed E-state index contributed by atoms with van der Waals surface area (Å²) in [6.07, 6.45) is 1.41. The third-order valence-electron chi connectivity index (χ3n) is 1.33. The van der Waals surface area contributed by atoms with Gasteiger partial charge in [-0.1, -0.05) is 11.8 Å². The summed E-state index contributed by atoms with van der Waals surface area (Å²) >= 11 is 1.55. The SMILES string of the molecule is N=CCN=C1NNC2OC2S1. The fourth-order valence-electron chi connectivity index (χ4n) is 0.768. The lowest BCUT2D eigenvalue weighted by atomic mass is 10.7. The number of ether oxygens (including phenoxy) is 1. The minimum atomic E-state index is 0.152. The third kappa shape index (κ3) is 1.52. The molecule has 5 nitrogen and oxygen atoms in total. The average molecular weight is 172 g/mol. The maximum atomic E-state index is 6.76. The van der Waals surface area contributed by atoms with Crippen LogP contribution in [0.1, 0.15) is 0 Å². The Labute approximate surface area is 68.1 Å². The van der Waals surface area contributed by atoms with Gasteiger partial charge >= 0.3 is 0 Å². The molecule has 2 heterocycles. The Morgan fingerprint density at radius 3 is 3.45 bits per heavy atom. The number of nitrogens with zero attached hydrogens (tertiary/aromatic N) is 1. The van der Waals surface area contributed by atoms with Crippen LogP contribution in [-0.2, 0) is 4.74 Å². The number of aliphatic imine (C=N–C) groups is 1. The third-order valence-corrected chi connectivity index (χ3v) is 2.37. The van der Waals surface area contributed by atoms with Gasteiger partial charge in [-0.3, -0.25) is 10.4 Å². The number of hydrazine groups is 1. The minimum absolute atomic E-state index is 0.152. The van der Waals surface area contributed by atoms with E-state index in [9.17, 15) is 0 Å². The second kappa shape index (κ2) is 2.80. The van der Waals surface area contributed by atoms with Gasteiger partial charge in [0.15, 0.2) is 16.8 Å². The Morgan fingerprint density at radius 1 is 1.82 bits per heavy atom. The fraction of sp³-hybridized carbons (Fsp3) is 0.600. The van der Waals surface area contributed by atoms with E-state index in [2.05, 4.69) is 15.8 Å². The maximum absolute atomic E-state index is 6.76. The maximum Gasteiger partial charge on any atom is 0.174 e. The van der Waals surface area contributed by atoms with Gasteiger partial charge in [0.1, 0.15) is 0 Å². The molecule has 0 bridgehead atoms. The Balaban J connectivity index is 1.89. The van der Waals surface area contributed by atoms with Gasteiger partial charge in [-0.25, -0.2) is 5.43 Å². The van der Waals surface area contributed by atoms with Crippen molar-refractivity contribution >= 4 is 23.1 Å². The van der Waals surface area contributed by atoms with E-state index >= 15 is 0 Å². The summed E-state index contributed by atoms with van der Waals surface area (Å²) in [5, 5.41) is 7.56. The topological polar surface area (TPSA) is 72.8 Å². The van der Waals surface area contributed by atoms with Gasteiger partial charge in [-0.05, 0) is 0 Å². The van der Waals surface area contributed by atoms with Crippen molar-refractivity contribution < 1.29 is 4.74 Å². The van der Waals surface area contributed by atoms with E-state index in [-0.39, 0.29) is 11.7 Å². The Kier molecular flexibility index (Phi) is 1.80. The fourth-order valence-corrected chi connectivity index (χ4v) is 1.62. The molecule has 0 aliphatic carbocycles. The van der Waals surface area contributed by atoms with E-state index in [0.29, 0.717) is 6.54 Å². The van der Waals surface area contributed by atoms with E-state index in [4.69, 9.17) is 10.1 Å². The molecule has 3 N–H and O–H groups in total. The van der Waals surface area contributed by atoms with Crippen molar-refractivity contribution in [3.05, 3.63) is 0 Å². The first kappa shape index (κ1) is 7.08. The van der Waals surface area contributed by atoms with Crippen LogP contribution in [0.5, 0.6) is 0 Å². The molecule has 2 aliphatic heterocycles. The molecule has 2 atom stereocenters. The van der Waals surface area contributed by atoms with Gasteiger partial charge in [-0.15, -0.1) is 0 Å². The molecule has 2 unspecified atom stereocenters. The normalized spacial score (nSPS) is 37.6. The number of amidine groups is 1. The van der Waals surface area contributed by atoms with Crippen LogP contribution in [0.15, 0.2) is 4.99 Å². The molecule has 11 heavy (non-hydrogen) atoms. The molecule has 60 valence electrons. The lowest BCUT2D eigenvalue weighted by molar-refractivity contribution is 0.359. The highest BCUT2D eigenvalue weighted by atomic mass is 32.2. The van der Waals surface area contributed by atoms with Crippen LogP contribution in [0.2, 0.25) is 0 Å². The van der Waals surface area contributed by atoms with Crippen LogP contribution in [0.4, 0.5) is 0 Å². The van der Waals surface area contributed by atoms with Crippen LogP contribution in [0.3, 0.4) is 0 Å². The molecule has 0 amide bonds. The van der Waals surface area contributed by atoms with Crippen LogP contribution in [0.25, 0.3) is 0 Å². The Hall–Kier alpha value is -0.590. The van der Waals surface area contributed by atoms with Crippen LogP contribution in [-0.4, -0.2) is 29.6 Å². The van der Waals surface area contributed by atoms with Gasteiger partial charge < -0.3 is 10.1 Å². The standard InChI is InChI=1S/C5H8N4OS/c6-1-2-7-5-9-8-3-4(10-3)11-5/h1,3-4,6,8H,2H2,(H,7,9). The number of hydrogen-bond acceptors (Lipinski definition) is 5. The van der Waals surface area contributed by atoms with Crippen molar-refractivity contribution in [1.29, 1.82) is 5.41 Å². The molecule has 2 fully saturated rings. The van der Waals surface area contributed by atoms with Gasteiger partial charge in [0, 0.05) is 6.21 Å². The van der Waals surface area contributed by atoms with Crippen LogP contribution >= 0.6 is 11.8 Å². The molecule has 0 aromatic rings. The summed E-state index contributed by atoms with van der Waals surface area (Å²) in [6.45, 7) is 0.425. The first-order chi connectivity index (χ1) is 5.40. The lowest BCUT2D eigenvalue weighted by Crippen LogP contribution is -2.42. The summed E-state index contributed by atoms with van der Waals surface area (Å²) in [5.41, 5.74) is 6.02. The van der Waals surface area contributed by atoms with Gasteiger partial charge in [0.05, 0.1) is 6.54 Å². The summed E-state index contributed by atoms with van der Waals surface area (Å²) < 4.78 is 5.14. The zero-order chi connectivity index (χ0) is 7.68. The second-order valence-corrected chi connectivity index (χ2v) is 3.25. The number of fused-ring (bicyclic) bond motifs is 1. The molecule has 2 saturated heterocycles. The van der Waals surface area contributed by atoms with E-state index < -0.39 is 0 Å². The van der Waals surface area contributed by atoms with Crippen molar-refractivity contribution in [2.24, 2.45) is 4.99 Å². The Bertz CT molecular complexity index is 207. The highest BCUT2D eigenvalue weighted by Gasteiger charge is 2.44. The van der Waals surface area contributed by atoms with Crippen molar-refractivity contribution in [2.75, 3.05) is 6.54 Å². The summed E-state index contributed by atoms with van der Waals surface area (Å²) in [4.78, 5) is 4.06. The molecule has 0 saturated carbocycles. The first-order valence-corrected chi connectivity index (χ1v) is 4.15. The van der Waals surface area contributed by atoms with Crippen molar-refractivity contribution in [3.63, 3.8) is 0 Å². The molecule has 6 heteroatoms. The highest BCUT2D eigenvalue weighted by Crippen LogP contribution is 2.33. The summed E-state index contributed by atoms with van der Waals surface area (Å²) in [7, 11) is 0. The molecular formula is C5H8N4OS. The number of thioether (sulfide) groups is 1. The molecule has 0 aromatic heterocycles. The monoisotopic (exact) mass is 172 g/mol. The van der Waals surface area contributed by atoms with E-state index in [1.165, 1.54) is 6.21 Å². The molecular weight excluding hydrogens is 164 g/mol. The van der Waals surface area contributed by atoms with Gasteiger partial charge in [0.25, 0.3) is 0 Å². The van der Waals surface area contributed by atoms with E-state index in [1.807, 2.05) is 0 Å². The predicted octanol–water partition coefficient (Wildman–Crippen LogP) is -0.485. The summed E-state index contributed by atoms with van der Waals surface area (Å²) in [6, 6.07) is 0. The van der Waals surface area contributed by atoms with E-state index in [1.54, 1.807) is 11.8 Å².